The number of aliphatic hydroxyl groups is 1. The van der Waals surface area contributed by atoms with Crippen molar-refractivity contribution in [2.75, 3.05) is 6.54 Å². The van der Waals surface area contributed by atoms with Gasteiger partial charge < -0.3 is 10.4 Å². The van der Waals surface area contributed by atoms with Crippen molar-refractivity contribution in [3.8, 4) is 0 Å². The number of carbonyl (C=O) groups excluding carboxylic acids is 1. The minimum atomic E-state index is -0.594. The fraction of sp³-hybridized carbons (Fsp3) is 0.545. The summed E-state index contributed by atoms with van der Waals surface area (Å²) >= 11 is 0.822. The van der Waals surface area contributed by atoms with Gasteiger partial charge in [-0.1, -0.05) is 25.2 Å². The number of amides is 1. The molecule has 7 heteroatoms. The molecule has 0 aliphatic heterocycles. The van der Waals surface area contributed by atoms with Gasteiger partial charge in [-0.05, 0) is 18.4 Å². The van der Waals surface area contributed by atoms with Crippen LogP contribution in [0.3, 0.4) is 0 Å². The first kappa shape index (κ1) is 14.6. The van der Waals surface area contributed by atoms with E-state index < -0.39 is 16.9 Å². The first-order valence-electron chi connectivity index (χ1n) is 5.60. The molecule has 2 N–H and O–H groups in total. The van der Waals surface area contributed by atoms with E-state index in [9.17, 15) is 20.0 Å². The van der Waals surface area contributed by atoms with E-state index in [1.165, 1.54) is 12.1 Å². The third-order valence-corrected chi connectivity index (χ3v) is 3.27. The molecule has 0 radical (unpaired) electrons. The molecule has 1 aromatic heterocycles. The molecule has 0 bridgehead atoms. The van der Waals surface area contributed by atoms with E-state index in [4.69, 9.17) is 0 Å². The zero-order valence-electron chi connectivity index (χ0n) is 10.3. The van der Waals surface area contributed by atoms with Gasteiger partial charge >= 0.3 is 5.00 Å². The van der Waals surface area contributed by atoms with Crippen LogP contribution >= 0.6 is 11.3 Å². The van der Waals surface area contributed by atoms with Gasteiger partial charge in [0.2, 0.25) is 0 Å². The Balaban J connectivity index is 2.47. The Kier molecular flexibility index (Phi) is 5.24. The van der Waals surface area contributed by atoms with Gasteiger partial charge in [0.1, 0.15) is 0 Å². The minimum absolute atomic E-state index is 0.0668. The SMILES string of the molecule is CC(C)CC(O)CNC(=O)c1ccc([N+](=O)[O-])s1. The smallest absolute Gasteiger partial charge is 0.324 e. The van der Waals surface area contributed by atoms with Gasteiger partial charge in [-0.25, -0.2) is 0 Å². The second kappa shape index (κ2) is 6.46. The molecule has 1 rings (SSSR count). The van der Waals surface area contributed by atoms with Gasteiger partial charge in [-0.15, -0.1) is 0 Å². The van der Waals surface area contributed by atoms with E-state index >= 15 is 0 Å². The molecule has 18 heavy (non-hydrogen) atoms. The average Bonchev–Trinajstić information content (AvgIpc) is 2.74. The maximum Gasteiger partial charge on any atom is 0.324 e. The summed E-state index contributed by atoms with van der Waals surface area (Å²) in [4.78, 5) is 21.8. The van der Waals surface area contributed by atoms with Crippen molar-refractivity contribution in [3.63, 3.8) is 0 Å². The average molecular weight is 272 g/mol. The summed E-state index contributed by atoms with van der Waals surface area (Å²) < 4.78 is 0. The highest BCUT2D eigenvalue weighted by Gasteiger charge is 2.16. The van der Waals surface area contributed by atoms with Gasteiger partial charge in [0.05, 0.1) is 15.9 Å². The molecular formula is C11H16N2O4S. The van der Waals surface area contributed by atoms with E-state index in [1.807, 2.05) is 13.8 Å². The molecule has 1 atom stereocenters. The largest absolute Gasteiger partial charge is 0.391 e. The standard InChI is InChI=1S/C11H16N2O4S/c1-7(2)5-8(14)6-12-11(15)9-3-4-10(18-9)13(16)17/h3-4,7-8,14H,5-6H2,1-2H3,(H,12,15). The van der Waals surface area contributed by atoms with E-state index in [2.05, 4.69) is 5.32 Å². The van der Waals surface area contributed by atoms with Crippen molar-refractivity contribution in [1.82, 2.24) is 5.32 Å². The highest BCUT2D eigenvalue weighted by molar-refractivity contribution is 7.17. The Morgan fingerprint density at radius 3 is 2.72 bits per heavy atom. The van der Waals surface area contributed by atoms with E-state index in [0.717, 1.165) is 11.3 Å². The predicted octanol–water partition coefficient (Wildman–Crippen LogP) is 1.79. The molecule has 0 aliphatic rings. The molecule has 6 nitrogen and oxygen atoms in total. The fourth-order valence-corrected chi connectivity index (χ4v) is 2.21. The molecule has 0 spiro atoms. The van der Waals surface area contributed by atoms with Crippen LogP contribution in [0.4, 0.5) is 5.00 Å². The molecule has 1 unspecified atom stereocenters. The van der Waals surface area contributed by atoms with Gasteiger partial charge in [-0.2, -0.15) is 0 Å². The summed E-state index contributed by atoms with van der Waals surface area (Å²) in [6, 6.07) is 2.71. The van der Waals surface area contributed by atoms with Crippen LogP contribution in [0.2, 0.25) is 0 Å². The summed E-state index contributed by atoms with van der Waals surface area (Å²) in [5, 5.41) is 22.5. The molecule has 0 saturated carbocycles. The molecule has 0 fully saturated rings. The van der Waals surface area contributed by atoms with Crippen molar-refractivity contribution in [1.29, 1.82) is 0 Å². The molecular weight excluding hydrogens is 256 g/mol. The van der Waals surface area contributed by atoms with Crippen LogP contribution < -0.4 is 5.32 Å². The summed E-state index contributed by atoms with van der Waals surface area (Å²) in [6.45, 7) is 4.12. The van der Waals surface area contributed by atoms with Crippen molar-refractivity contribution in [3.05, 3.63) is 27.1 Å². The molecule has 0 aromatic carbocycles. The summed E-state index contributed by atoms with van der Waals surface area (Å²) in [6.07, 6.45) is 0.00844. The number of rotatable bonds is 6. The van der Waals surface area contributed by atoms with Gasteiger partial charge in [0, 0.05) is 12.6 Å². The first-order valence-corrected chi connectivity index (χ1v) is 6.42. The lowest BCUT2D eigenvalue weighted by molar-refractivity contribution is -0.380. The van der Waals surface area contributed by atoms with Gasteiger partial charge in [0.25, 0.3) is 5.91 Å². The number of thiophene rings is 1. The Morgan fingerprint density at radius 2 is 2.22 bits per heavy atom. The summed E-state index contributed by atoms with van der Waals surface area (Å²) in [7, 11) is 0. The Bertz CT molecular complexity index is 430. The highest BCUT2D eigenvalue weighted by atomic mass is 32.1. The van der Waals surface area contributed by atoms with Gasteiger partial charge in [-0.3, -0.25) is 14.9 Å². The van der Waals surface area contributed by atoms with Crippen LogP contribution in [0.15, 0.2) is 12.1 Å². The predicted molar refractivity (Wildman–Crippen MR) is 68.8 cm³/mol. The third kappa shape index (κ3) is 4.42. The van der Waals surface area contributed by atoms with E-state index in [1.54, 1.807) is 0 Å². The minimum Gasteiger partial charge on any atom is -0.391 e. The van der Waals surface area contributed by atoms with Crippen molar-refractivity contribution in [2.24, 2.45) is 5.92 Å². The van der Waals surface area contributed by atoms with E-state index in [-0.39, 0.29) is 16.4 Å². The van der Waals surface area contributed by atoms with Crippen LogP contribution in [-0.4, -0.2) is 28.6 Å². The normalized spacial score (nSPS) is 12.4. The quantitative estimate of drug-likeness (QED) is 0.610. The van der Waals surface area contributed by atoms with Crippen LogP contribution in [0, 0.1) is 16.0 Å². The lowest BCUT2D eigenvalue weighted by Gasteiger charge is -2.13. The summed E-state index contributed by atoms with van der Waals surface area (Å²) in [5.74, 6) is -0.0457. The number of nitro groups is 1. The van der Waals surface area contributed by atoms with Crippen LogP contribution in [0.5, 0.6) is 0 Å². The zero-order chi connectivity index (χ0) is 13.7. The number of nitrogens with one attached hydrogen (secondary N) is 1. The van der Waals surface area contributed by atoms with Crippen LogP contribution in [-0.2, 0) is 0 Å². The van der Waals surface area contributed by atoms with Crippen molar-refractivity contribution < 1.29 is 14.8 Å². The maximum absolute atomic E-state index is 11.6. The highest BCUT2D eigenvalue weighted by Crippen LogP contribution is 2.23. The zero-order valence-corrected chi connectivity index (χ0v) is 11.1. The number of hydrogen-bond acceptors (Lipinski definition) is 5. The maximum atomic E-state index is 11.6. The Morgan fingerprint density at radius 1 is 1.56 bits per heavy atom. The number of carbonyl (C=O) groups is 1. The fourth-order valence-electron chi connectivity index (χ4n) is 1.47. The number of aliphatic hydroxyl groups excluding tert-OH is 1. The van der Waals surface area contributed by atoms with Crippen LogP contribution in [0.25, 0.3) is 0 Å². The lowest BCUT2D eigenvalue weighted by atomic mass is 10.1. The molecule has 0 aliphatic carbocycles. The third-order valence-electron chi connectivity index (χ3n) is 2.24. The van der Waals surface area contributed by atoms with Crippen molar-refractivity contribution >= 4 is 22.2 Å². The van der Waals surface area contributed by atoms with Gasteiger partial charge in [0.15, 0.2) is 0 Å². The van der Waals surface area contributed by atoms with E-state index in [0.29, 0.717) is 12.3 Å². The monoisotopic (exact) mass is 272 g/mol. The van der Waals surface area contributed by atoms with Crippen molar-refractivity contribution in [2.45, 2.75) is 26.4 Å². The molecule has 1 aromatic rings. The van der Waals surface area contributed by atoms with Crippen LogP contribution in [0.1, 0.15) is 29.9 Å². The molecule has 0 saturated heterocycles. The Labute approximate surface area is 109 Å². The molecule has 1 amide bonds. The summed E-state index contributed by atoms with van der Waals surface area (Å²) in [5.41, 5.74) is 0. The lowest BCUT2D eigenvalue weighted by Crippen LogP contribution is -2.32. The Hall–Kier alpha value is -1.47. The second-order valence-corrected chi connectivity index (χ2v) is 5.45. The number of hydrogen-bond donors (Lipinski definition) is 2. The topological polar surface area (TPSA) is 92.5 Å². The molecule has 100 valence electrons. The second-order valence-electron chi connectivity index (χ2n) is 4.39. The number of nitrogens with zero attached hydrogens (tertiary/aromatic N) is 1. The molecule has 1 heterocycles. The first-order chi connectivity index (χ1) is 8.40.